The lowest BCUT2D eigenvalue weighted by Crippen LogP contribution is -2.31. The monoisotopic (exact) mass is 308 g/mol. The van der Waals surface area contributed by atoms with Crippen LogP contribution in [0.3, 0.4) is 0 Å². The molecule has 0 spiro atoms. The van der Waals surface area contributed by atoms with Crippen LogP contribution in [0, 0.1) is 6.92 Å². The molecule has 0 aromatic heterocycles. The van der Waals surface area contributed by atoms with Crippen LogP contribution in [-0.2, 0) is 14.3 Å². The van der Waals surface area contributed by atoms with E-state index < -0.39 is 11.9 Å². The summed E-state index contributed by atoms with van der Waals surface area (Å²) in [4.78, 5) is 11.6. The van der Waals surface area contributed by atoms with Gasteiger partial charge in [0, 0.05) is 12.8 Å². The fourth-order valence-corrected chi connectivity index (χ4v) is 2.71. The summed E-state index contributed by atoms with van der Waals surface area (Å²) in [6.07, 6.45) is 2.80. The summed E-state index contributed by atoms with van der Waals surface area (Å²) in [5.74, 6) is -1.44. The summed E-state index contributed by atoms with van der Waals surface area (Å²) in [6.45, 7) is 5.97. The lowest BCUT2D eigenvalue weighted by Gasteiger charge is -2.29. The van der Waals surface area contributed by atoms with E-state index in [0.717, 1.165) is 24.0 Å². The van der Waals surface area contributed by atoms with E-state index in [-0.39, 0.29) is 12.4 Å². The largest absolute Gasteiger partial charge is 0.469 e. The Balaban J connectivity index is 0.00000116. The third-order valence-corrected chi connectivity index (χ3v) is 3.86. The number of hydrogen-bond donors (Lipinski definition) is 1. The minimum Gasteiger partial charge on any atom is -0.469 e. The molecule has 0 amide bonds. The molecule has 0 saturated heterocycles. The summed E-state index contributed by atoms with van der Waals surface area (Å²) < 4.78 is 10.6. The minimum absolute atomic E-state index is 0.115. The number of aryl methyl sites for hydroxylation is 1. The van der Waals surface area contributed by atoms with Gasteiger partial charge >= 0.3 is 5.97 Å². The van der Waals surface area contributed by atoms with Crippen molar-refractivity contribution in [1.82, 2.24) is 0 Å². The molecule has 1 atom stereocenters. The van der Waals surface area contributed by atoms with Gasteiger partial charge in [-0.25, -0.2) is 0 Å². The summed E-state index contributed by atoms with van der Waals surface area (Å²) in [5, 5.41) is 10.4. The standard InChI is InChI=1S/C16H22O4.C2H6/c1-12-7-3-4-8-13(12)14(11-15(17)19-2)20-16(18)9-5-6-10-16;1-2/h3-4,7-8,14,18H,5-6,9-11H2,1-2H3;1-2H3/t14-;/m1./s1. The molecule has 0 aliphatic heterocycles. The lowest BCUT2D eigenvalue weighted by atomic mass is 10.0. The molecule has 0 unspecified atom stereocenters. The Bertz CT molecular complexity index is 464. The molecule has 1 aliphatic carbocycles. The fraction of sp³-hybridized carbons (Fsp3) is 0.611. The van der Waals surface area contributed by atoms with Crippen molar-refractivity contribution in [3.05, 3.63) is 35.4 Å². The van der Waals surface area contributed by atoms with Gasteiger partial charge in [0.25, 0.3) is 0 Å². The minimum atomic E-state index is -1.11. The van der Waals surface area contributed by atoms with E-state index in [0.29, 0.717) is 12.8 Å². The van der Waals surface area contributed by atoms with Crippen molar-refractivity contribution >= 4 is 5.97 Å². The third kappa shape index (κ3) is 5.11. The first-order chi connectivity index (χ1) is 10.5. The number of carbonyl (C=O) groups is 1. The average Bonchev–Trinajstić information content (AvgIpc) is 2.95. The molecule has 22 heavy (non-hydrogen) atoms. The number of hydrogen-bond acceptors (Lipinski definition) is 4. The second kappa shape index (κ2) is 8.91. The summed E-state index contributed by atoms with van der Waals surface area (Å²) in [7, 11) is 1.36. The smallest absolute Gasteiger partial charge is 0.308 e. The predicted octanol–water partition coefficient (Wildman–Crippen LogP) is 3.90. The zero-order valence-corrected chi connectivity index (χ0v) is 14.1. The molecule has 0 radical (unpaired) electrons. The van der Waals surface area contributed by atoms with Gasteiger partial charge < -0.3 is 14.6 Å². The van der Waals surface area contributed by atoms with Crippen molar-refractivity contribution in [2.75, 3.05) is 7.11 Å². The second-order valence-electron chi connectivity index (χ2n) is 5.40. The van der Waals surface area contributed by atoms with Crippen LogP contribution in [0.5, 0.6) is 0 Å². The van der Waals surface area contributed by atoms with Crippen molar-refractivity contribution in [1.29, 1.82) is 0 Å². The zero-order chi connectivity index (χ0) is 16.6. The van der Waals surface area contributed by atoms with Crippen LogP contribution >= 0.6 is 0 Å². The first-order valence-corrected chi connectivity index (χ1v) is 8.06. The predicted molar refractivity (Wildman–Crippen MR) is 86.4 cm³/mol. The van der Waals surface area contributed by atoms with E-state index >= 15 is 0 Å². The second-order valence-corrected chi connectivity index (χ2v) is 5.40. The van der Waals surface area contributed by atoms with E-state index in [1.165, 1.54) is 7.11 Å². The molecule has 0 heterocycles. The highest BCUT2D eigenvalue weighted by atomic mass is 16.6. The maximum absolute atomic E-state index is 11.6. The molecule has 4 nitrogen and oxygen atoms in total. The number of carbonyl (C=O) groups excluding carboxylic acids is 1. The van der Waals surface area contributed by atoms with Crippen molar-refractivity contribution in [2.24, 2.45) is 0 Å². The van der Waals surface area contributed by atoms with Crippen LogP contribution in [0.1, 0.15) is 63.2 Å². The van der Waals surface area contributed by atoms with E-state index in [4.69, 9.17) is 9.47 Å². The highest BCUT2D eigenvalue weighted by Gasteiger charge is 2.36. The fourth-order valence-electron chi connectivity index (χ4n) is 2.71. The molecule has 1 fully saturated rings. The highest BCUT2D eigenvalue weighted by molar-refractivity contribution is 5.70. The Morgan fingerprint density at radius 2 is 1.86 bits per heavy atom. The maximum Gasteiger partial charge on any atom is 0.308 e. The van der Waals surface area contributed by atoms with E-state index in [1.54, 1.807) is 0 Å². The lowest BCUT2D eigenvalue weighted by molar-refractivity contribution is -0.229. The topological polar surface area (TPSA) is 55.8 Å². The number of methoxy groups -OCH3 is 1. The van der Waals surface area contributed by atoms with Crippen LogP contribution in [0.25, 0.3) is 0 Å². The molecule has 1 aromatic rings. The first kappa shape index (κ1) is 18.7. The Kier molecular flexibility index (Phi) is 7.56. The molecule has 1 aromatic carbocycles. The van der Waals surface area contributed by atoms with Gasteiger partial charge in [0.1, 0.15) is 0 Å². The number of esters is 1. The van der Waals surface area contributed by atoms with Gasteiger partial charge in [0.2, 0.25) is 0 Å². The van der Waals surface area contributed by atoms with Gasteiger partial charge in [-0.2, -0.15) is 0 Å². The van der Waals surface area contributed by atoms with Gasteiger partial charge in [0.05, 0.1) is 19.6 Å². The Morgan fingerprint density at radius 1 is 1.27 bits per heavy atom. The van der Waals surface area contributed by atoms with Crippen molar-refractivity contribution in [3.63, 3.8) is 0 Å². The molecule has 2 rings (SSSR count). The molecule has 1 aliphatic rings. The summed E-state index contributed by atoms with van der Waals surface area (Å²) >= 11 is 0. The molecule has 1 saturated carbocycles. The highest BCUT2D eigenvalue weighted by Crippen LogP contribution is 2.37. The quantitative estimate of drug-likeness (QED) is 0.662. The molecule has 0 bridgehead atoms. The SMILES string of the molecule is CC.COC(=O)C[C@@H](OC1(O)CCCC1)c1ccccc1C. The molecular weight excluding hydrogens is 280 g/mol. The Morgan fingerprint density at radius 3 is 2.41 bits per heavy atom. The number of ether oxygens (including phenoxy) is 2. The molecule has 124 valence electrons. The number of aliphatic hydroxyl groups is 1. The van der Waals surface area contributed by atoms with Crippen LogP contribution in [0.15, 0.2) is 24.3 Å². The van der Waals surface area contributed by atoms with Gasteiger partial charge in [-0.3, -0.25) is 4.79 Å². The van der Waals surface area contributed by atoms with Crippen LogP contribution in [0.4, 0.5) is 0 Å². The summed E-state index contributed by atoms with van der Waals surface area (Å²) in [6, 6.07) is 7.76. The molecular formula is C18H28O4. The average molecular weight is 308 g/mol. The van der Waals surface area contributed by atoms with Crippen molar-refractivity contribution < 1.29 is 19.4 Å². The van der Waals surface area contributed by atoms with E-state index in [1.807, 2.05) is 45.0 Å². The van der Waals surface area contributed by atoms with Gasteiger partial charge in [-0.1, -0.05) is 38.1 Å². The Labute approximate surface area is 133 Å². The third-order valence-electron chi connectivity index (χ3n) is 3.86. The van der Waals surface area contributed by atoms with Crippen molar-refractivity contribution in [3.8, 4) is 0 Å². The van der Waals surface area contributed by atoms with Crippen LogP contribution in [-0.4, -0.2) is 24.0 Å². The van der Waals surface area contributed by atoms with Gasteiger partial charge in [-0.05, 0) is 30.9 Å². The molecule has 1 N–H and O–H groups in total. The summed E-state index contributed by atoms with van der Waals surface area (Å²) in [5.41, 5.74) is 1.97. The molecule has 4 heteroatoms. The van der Waals surface area contributed by atoms with Crippen LogP contribution < -0.4 is 0 Å². The van der Waals surface area contributed by atoms with Crippen molar-refractivity contribution in [2.45, 2.75) is 64.8 Å². The maximum atomic E-state index is 11.6. The first-order valence-electron chi connectivity index (χ1n) is 8.06. The van der Waals surface area contributed by atoms with Gasteiger partial charge in [0.15, 0.2) is 5.79 Å². The van der Waals surface area contributed by atoms with Gasteiger partial charge in [-0.15, -0.1) is 0 Å². The van der Waals surface area contributed by atoms with Crippen LogP contribution in [0.2, 0.25) is 0 Å². The number of rotatable bonds is 5. The van der Waals surface area contributed by atoms with E-state index in [2.05, 4.69) is 0 Å². The Hall–Kier alpha value is -1.39. The number of benzene rings is 1. The zero-order valence-electron chi connectivity index (χ0n) is 14.1. The normalized spacial score (nSPS) is 17.3. The van der Waals surface area contributed by atoms with E-state index in [9.17, 15) is 9.90 Å².